The number of thioether (sulfide) groups is 1. The Morgan fingerprint density at radius 3 is 2.75 bits per heavy atom. The van der Waals surface area contributed by atoms with Crippen molar-refractivity contribution >= 4 is 11.8 Å². The van der Waals surface area contributed by atoms with E-state index in [0.717, 1.165) is 24.2 Å². The third kappa shape index (κ3) is 2.92. The molecule has 0 bridgehead atoms. The van der Waals surface area contributed by atoms with Crippen LogP contribution < -0.4 is 10.1 Å². The van der Waals surface area contributed by atoms with Crippen molar-refractivity contribution in [3.05, 3.63) is 29.8 Å². The van der Waals surface area contributed by atoms with E-state index in [1.54, 1.807) is 0 Å². The van der Waals surface area contributed by atoms with Crippen molar-refractivity contribution in [2.75, 3.05) is 13.2 Å². The minimum absolute atomic E-state index is 0.444. The summed E-state index contributed by atoms with van der Waals surface area (Å²) in [7, 11) is 0. The fraction of sp³-hybridized carbons (Fsp3) is 0.538. The molecule has 2 unspecified atom stereocenters. The Labute approximate surface area is 102 Å². The third-order valence-corrected chi connectivity index (χ3v) is 4.15. The van der Waals surface area contributed by atoms with Crippen LogP contribution in [0.5, 0.6) is 5.75 Å². The molecule has 16 heavy (non-hydrogen) atoms. The number of hydrogen-bond donors (Lipinski definition) is 1. The van der Waals surface area contributed by atoms with Gasteiger partial charge in [-0.15, -0.1) is 11.8 Å². The minimum Gasteiger partial charge on any atom is -0.494 e. The smallest absolute Gasteiger partial charge is 0.119 e. The second-order valence-electron chi connectivity index (χ2n) is 4.07. The first kappa shape index (κ1) is 11.8. The van der Waals surface area contributed by atoms with Crippen LogP contribution in [-0.2, 0) is 0 Å². The van der Waals surface area contributed by atoms with Gasteiger partial charge < -0.3 is 10.1 Å². The van der Waals surface area contributed by atoms with Crippen LogP contribution in [0.3, 0.4) is 0 Å². The van der Waals surface area contributed by atoms with Gasteiger partial charge in [0.05, 0.1) is 12.0 Å². The van der Waals surface area contributed by atoms with Crippen molar-refractivity contribution in [2.45, 2.75) is 30.9 Å². The Hall–Kier alpha value is -0.670. The zero-order chi connectivity index (χ0) is 11.4. The first-order valence-electron chi connectivity index (χ1n) is 5.91. The summed E-state index contributed by atoms with van der Waals surface area (Å²) < 4.78 is 5.44. The quantitative estimate of drug-likeness (QED) is 0.872. The molecule has 1 aliphatic heterocycles. The Morgan fingerprint density at radius 1 is 1.38 bits per heavy atom. The molecule has 1 aromatic carbocycles. The SMILES string of the molecule is CCOc1ccc(C2NCCC(C)S2)cc1. The highest BCUT2D eigenvalue weighted by Crippen LogP contribution is 2.34. The van der Waals surface area contributed by atoms with Crippen molar-refractivity contribution in [1.82, 2.24) is 5.32 Å². The summed E-state index contributed by atoms with van der Waals surface area (Å²) in [4.78, 5) is 0. The predicted molar refractivity (Wildman–Crippen MR) is 70.0 cm³/mol. The van der Waals surface area contributed by atoms with Crippen LogP contribution in [0.15, 0.2) is 24.3 Å². The molecule has 1 aliphatic rings. The molecule has 0 aromatic heterocycles. The highest BCUT2D eigenvalue weighted by molar-refractivity contribution is 8.00. The van der Waals surface area contributed by atoms with Gasteiger partial charge in [0, 0.05) is 5.25 Å². The standard InChI is InChI=1S/C13H19NOS/c1-3-15-12-6-4-11(5-7-12)13-14-9-8-10(2)16-13/h4-7,10,13-14H,3,8-9H2,1-2H3. The van der Waals surface area contributed by atoms with Gasteiger partial charge >= 0.3 is 0 Å². The molecule has 1 N–H and O–H groups in total. The molecule has 3 heteroatoms. The number of nitrogens with one attached hydrogen (secondary N) is 1. The van der Waals surface area contributed by atoms with Gasteiger partial charge in [-0.2, -0.15) is 0 Å². The van der Waals surface area contributed by atoms with Crippen molar-refractivity contribution < 1.29 is 4.74 Å². The molecule has 0 amide bonds. The molecule has 88 valence electrons. The Balaban J connectivity index is 2.03. The Kier molecular flexibility index (Phi) is 4.13. The summed E-state index contributed by atoms with van der Waals surface area (Å²) >= 11 is 2.01. The van der Waals surface area contributed by atoms with Gasteiger partial charge in [-0.25, -0.2) is 0 Å². The maximum absolute atomic E-state index is 5.44. The zero-order valence-corrected chi connectivity index (χ0v) is 10.7. The summed E-state index contributed by atoms with van der Waals surface area (Å²) in [5.41, 5.74) is 1.35. The second-order valence-corrected chi connectivity index (χ2v) is 5.62. The molecule has 1 heterocycles. The van der Waals surface area contributed by atoms with E-state index < -0.39 is 0 Å². The van der Waals surface area contributed by atoms with E-state index in [1.807, 2.05) is 18.7 Å². The summed E-state index contributed by atoms with van der Waals surface area (Å²) in [5.74, 6) is 0.958. The number of hydrogen-bond acceptors (Lipinski definition) is 3. The van der Waals surface area contributed by atoms with E-state index in [-0.39, 0.29) is 0 Å². The lowest BCUT2D eigenvalue weighted by Crippen LogP contribution is -2.28. The topological polar surface area (TPSA) is 21.3 Å². The van der Waals surface area contributed by atoms with Gasteiger partial charge in [-0.1, -0.05) is 19.1 Å². The lowest BCUT2D eigenvalue weighted by Gasteiger charge is -2.28. The lowest BCUT2D eigenvalue weighted by molar-refractivity contribution is 0.340. The number of rotatable bonds is 3. The molecule has 0 aliphatic carbocycles. The van der Waals surface area contributed by atoms with Crippen molar-refractivity contribution in [1.29, 1.82) is 0 Å². The van der Waals surface area contributed by atoms with Crippen LogP contribution in [0.1, 0.15) is 31.2 Å². The summed E-state index contributed by atoms with van der Waals surface area (Å²) in [6, 6.07) is 8.43. The minimum atomic E-state index is 0.444. The van der Waals surface area contributed by atoms with Crippen molar-refractivity contribution in [3.8, 4) is 5.75 Å². The lowest BCUT2D eigenvalue weighted by atomic mass is 10.2. The van der Waals surface area contributed by atoms with Gasteiger partial charge in [0.15, 0.2) is 0 Å². The Bertz CT molecular complexity index is 325. The normalized spacial score (nSPS) is 25.4. The van der Waals surface area contributed by atoms with Crippen LogP contribution in [0.2, 0.25) is 0 Å². The molecule has 1 aromatic rings. The number of ether oxygens (including phenoxy) is 1. The molecule has 0 spiro atoms. The maximum Gasteiger partial charge on any atom is 0.119 e. The van der Waals surface area contributed by atoms with Crippen LogP contribution in [-0.4, -0.2) is 18.4 Å². The number of benzene rings is 1. The highest BCUT2D eigenvalue weighted by Gasteiger charge is 2.19. The van der Waals surface area contributed by atoms with E-state index in [9.17, 15) is 0 Å². The molecule has 0 radical (unpaired) electrons. The largest absolute Gasteiger partial charge is 0.494 e. The Morgan fingerprint density at radius 2 is 2.12 bits per heavy atom. The first-order valence-corrected chi connectivity index (χ1v) is 6.85. The van der Waals surface area contributed by atoms with E-state index in [2.05, 4.69) is 36.5 Å². The fourth-order valence-corrected chi connectivity index (χ4v) is 3.11. The first-order chi connectivity index (χ1) is 7.79. The van der Waals surface area contributed by atoms with Crippen molar-refractivity contribution in [2.24, 2.45) is 0 Å². The van der Waals surface area contributed by atoms with Crippen LogP contribution in [0, 0.1) is 0 Å². The predicted octanol–water partition coefficient (Wildman–Crippen LogP) is 3.20. The molecule has 2 rings (SSSR count). The van der Waals surface area contributed by atoms with E-state index >= 15 is 0 Å². The van der Waals surface area contributed by atoms with Crippen LogP contribution in [0.4, 0.5) is 0 Å². The molecule has 2 nitrogen and oxygen atoms in total. The van der Waals surface area contributed by atoms with E-state index in [1.165, 1.54) is 12.0 Å². The van der Waals surface area contributed by atoms with E-state index in [4.69, 9.17) is 4.74 Å². The summed E-state index contributed by atoms with van der Waals surface area (Å²) in [5, 5.41) is 4.73. The molecule has 1 saturated heterocycles. The van der Waals surface area contributed by atoms with Crippen LogP contribution >= 0.6 is 11.8 Å². The van der Waals surface area contributed by atoms with Gasteiger partial charge in [0.2, 0.25) is 0 Å². The maximum atomic E-state index is 5.44. The molecule has 0 saturated carbocycles. The fourth-order valence-electron chi connectivity index (χ4n) is 1.87. The summed E-state index contributed by atoms with van der Waals surface area (Å²) in [6.07, 6.45) is 1.26. The average molecular weight is 237 g/mol. The van der Waals surface area contributed by atoms with Crippen LogP contribution in [0.25, 0.3) is 0 Å². The average Bonchev–Trinajstić information content (AvgIpc) is 2.30. The molecule has 2 atom stereocenters. The van der Waals surface area contributed by atoms with E-state index in [0.29, 0.717) is 5.37 Å². The van der Waals surface area contributed by atoms with Gasteiger partial charge in [0.25, 0.3) is 0 Å². The van der Waals surface area contributed by atoms with Gasteiger partial charge in [-0.3, -0.25) is 0 Å². The molecular weight excluding hydrogens is 218 g/mol. The summed E-state index contributed by atoms with van der Waals surface area (Å²) in [6.45, 7) is 6.15. The molecular formula is C13H19NOS. The van der Waals surface area contributed by atoms with Crippen molar-refractivity contribution in [3.63, 3.8) is 0 Å². The third-order valence-electron chi connectivity index (χ3n) is 2.74. The monoisotopic (exact) mass is 237 g/mol. The zero-order valence-electron chi connectivity index (χ0n) is 9.90. The molecule has 1 fully saturated rings. The van der Waals surface area contributed by atoms with Gasteiger partial charge in [-0.05, 0) is 37.6 Å². The van der Waals surface area contributed by atoms with Gasteiger partial charge in [0.1, 0.15) is 5.75 Å². The highest BCUT2D eigenvalue weighted by atomic mass is 32.2. The second kappa shape index (κ2) is 5.60.